The second-order valence-electron chi connectivity index (χ2n) is 4.63. The number of hydrogen-bond acceptors (Lipinski definition) is 5. The van der Waals surface area contributed by atoms with Crippen molar-refractivity contribution in [2.75, 3.05) is 7.11 Å². The van der Waals surface area contributed by atoms with E-state index < -0.39 is 5.97 Å². The van der Waals surface area contributed by atoms with Crippen molar-refractivity contribution in [2.24, 2.45) is 0 Å². The fourth-order valence-corrected chi connectivity index (χ4v) is 2.81. The summed E-state index contributed by atoms with van der Waals surface area (Å²) in [6.45, 7) is 2.00. The highest BCUT2D eigenvalue weighted by Crippen LogP contribution is 2.18. The van der Waals surface area contributed by atoms with Crippen molar-refractivity contribution in [1.29, 1.82) is 0 Å². The van der Waals surface area contributed by atoms with Crippen LogP contribution in [0.5, 0.6) is 5.75 Å². The number of aromatic nitrogens is 1. The van der Waals surface area contributed by atoms with Gasteiger partial charge in [-0.3, -0.25) is 4.79 Å². The molecule has 0 radical (unpaired) electrons. The maximum atomic E-state index is 11.9. The van der Waals surface area contributed by atoms with Crippen LogP contribution >= 0.6 is 11.3 Å². The van der Waals surface area contributed by atoms with Gasteiger partial charge in [0.1, 0.15) is 15.6 Å². The van der Waals surface area contributed by atoms with Gasteiger partial charge in [0.05, 0.1) is 19.2 Å². The highest BCUT2D eigenvalue weighted by Gasteiger charge is 2.15. The fourth-order valence-electron chi connectivity index (χ4n) is 1.91. The summed E-state index contributed by atoms with van der Waals surface area (Å²) in [5, 5.41) is 12.3. The molecule has 22 heavy (non-hydrogen) atoms. The van der Waals surface area contributed by atoms with Crippen LogP contribution in [0.2, 0.25) is 0 Å². The third kappa shape index (κ3) is 4.05. The average molecular weight is 320 g/mol. The van der Waals surface area contributed by atoms with Crippen molar-refractivity contribution in [3.63, 3.8) is 0 Å². The van der Waals surface area contributed by atoms with E-state index >= 15 is 0 Å². The molecule has 2 N–H and O–H groups in total. The van der Waals surface area contributed by atoms with Gasteiger partial charge in [0.15, 0.2) is 0 Å². The summed E-state index contributed by atoms with van der Waals surface area (Å²) >= 11 is 1.03. The predicted molar refractivity (Wildman–Crippen MR) is 82.4 cm³/mol. The number of aryl methyl sites for hydroxylation is 1. The number of methoxy groups -OCH3 is 1. The molecule has 1 aromatic carbocycles. The number of carboxylic acids is 1. The number of hydrogen-bond donors (Lipinski definition) is 2. The zero-order valence-corrected chi connectivity index (χ0v) is 13.1. The minimum Gasteiger partial charge on any atom is -0.497 e. The Hall–Kier alpha value is -2.41. The third-order valence-electron chi connectivity index (χ3n) is 2.97. The minimum absolute atomic E-state index is 0.0722. The zero-order chi connectivity index (χ0) is 16.1. The Morgan fingerprint density at radius 2 is 2.18 bits per heavy atom. The highest BCUT2D eigenvalue weighted by atomic mass is 32.1. The highest BCUT2D eigenvalue weighted by molar-refractivity contribution is 7.13. The van der Waals surface area contributed by atoms with Gasteiger partial charge in [-0.2, -0.15) is 0 Å². The Kier molecular flexibility index (Phi) is 5.11. The van der Waals surface area contributed by atoms with Crippen molar-refractivity contribution in [3.05, 3.63) is 45.4 Å². The number of nitrogens with zero attached hydrogens (tertiary/aromatic N) is 1. The number of carbonyl (C=O) groups is 2. The van der Waals surface area contributed by atoms with Gasteiger partial charge in [0, 0.05) is 6.54 Å². The number of amides is 1. The SMILES string of the molecule is COc1cccc(CNC(=O)Cc2nc(C)c(C(=O)O)s2)c1. The van der Waals surface area contributed by atoms with Crippen molar-refractivity contribution >= 4 is 23.2 Å². The van der Waals surface area contributed by atoms with Gasteiger partial charge in [-0.15, -0.1) is 11.3 Å². The molecule has 0 aliphatic carbocycles. The summed E-state index contributed by atoms with van der Waals surface area (Å²) in [6, 6.07) is 7.41. The molecular formula is C15H16N2O4S. The van der Waals surface area contributed by atoms with E-state index in [0.717, 1.165) is 22.6 Å². The molecule has 1 amide bonds. The number of thiazole rings is 1. The summed E-state index contributed by atoms with van der Waals surface area (Å²) in [7, 11) is 1.59. The Morgan fingerprint density at radius 3 is 2.82 bits per heavy atom. The molecule has 116 valence electrons. The lowest BCUT2D eigenvalue weighted by atomic mass is 10.2. The maximum Gasteiger partial charge on any atom is 0.347 e. The lowest BCUT2D eigenvalue weighted by Gasteiger charge is -2.06. The number of benzene rings is 1. The quantitative estimate of drug-likeness (QED) is 0.850. The van der Waals surface area contributed by atoms with E-state index in [1.807, 2.05) is 24.3 Å². The Labute approximate surface area is 131 Å². The molecule has 0 bridgehead atoms. The molecule has 6 nitrogen and oxygen atoms in total. The van der Waals surface area contributed by atoms with E-state index in [-0.39, 0.29) is 17.2 Å². The fraction of sp³-hybridized carbons (Fsp3) is 0.267. The van der Waals surface area contributed by atoms with Crippen LogP contribution in [0.4, 0.5) is 0 Å². The molecule has 7 heteroatoms. The molecule has 0 aliphatic heterocycles. The standard InChI is InChI=1S/C15H16N2O4S/c1-9-14(15(19)20)22-13(17-9)7-12(18)16-8-10-4-3-5-11(6-10)21-2/h3-6H,7-8H2,1-2H3,(H,16,18)(H,19,20). The number of carbonyl (C=O) groups excluding carboxylic acids is 1. The minimum atomic E-state index is -1.02. The number of carboxylic acid groups (broad SMARTS) is 1. The first kappa shape index (κ1) is 16.0. The second kappa shape index (κ2) is 7.04. The second-order valence-corrected chi connectivity index (χ2v) is 5.72. The first-order valence-corrected chi connectivity index (χ1v) is 7.40. The smallest absolute Gasteiger partial charge is 0.347 e. The van der Waals surface area contributed by atoms with Crippen LogP contribution in [0.15, 0.2) is 24.3 Å². The van der Waals surface area contributed by atoms with Crippen molar-refractivity contribution < 1.29 is 19.4 Å². The van der Waals surface area contributed by atoms with E-state index in [1.54, 1.807) is 14.0 Å². The monoisotopic (exact) mass is 320 g/mol. The van der Waals surface area contributed by atoms with Crippen molar-refractivity contribution in [3.8, 4) is 5.75 Å². The molecule has 0 spiro atoms. The van der Waals surface area contributed by atoms with Gasteiger partial charge in [-0.05, 0) is 24.6 Å². The molecule has 0 fully saturated rings. The third-order valence-corrected chi connectivity index (χ3v) is 4.12. The maximum absolute atomic E-state index is 11.9. The first-order valence-electron chi connectivity index (χ1n) is 6.59. The molecule has 0 saturated heterocycles. The van der Waals surface area contributed by atoms with E-state index in [9.17, 15) is 9.59 Å². The summed E-state index contributed by atoms with van der Waals surface area (Å²) in [4.78, 5) is 27.1. The van der Waals surface area contributed by atoms with Crippen molar-refractivity contribution in [2.45, 2.75) is 19.9 Å². The average Bonchev–Trinajstić information content (AvgIpc) is 2.86. The van der Waals surface area contributed by atoms with Crippen LogP contribution in [0, 0.1) is 6.92 Å². The van der Waals surface area contributed by atoms with E-state index in [4.69, 9.17) is 9.84 Å². The molecular weight excluding hydrogens is 304 g/mol. The Morgan fingerprint density at radius 1 is 1.41 bits per heavy atom. The zero-order valence-electron chi connectivity index (χ0n) is 12.3. The number of rotatable bonds is 6. The molecule has 2 aromatic rings. The Balaban J connectivity index is 1.92. The summed E-state index contributed by atoms with van der Waals surface area (Å²) in [6.07, 6.45) is 0.0722. The largest absolute Gasteiger partial charge is 0.497 e. The summed E-state index contributed by atoms with van der Waals surface area (Å²) < 4.78 is 5.12. The van der Waals surface area contributed by atoms with Gasteiger partial charge in [-0.1, -0.05) is 12.1 Å². The normalized spacial score (nSPS) is 10.3. The van der Waals surface area contributed by atoms with Crippen LogP contribution < -0.4 is 10.1 Å². The van der Waals surface area contributed by atoms with Crippen LogP contribution in [-0.2, 0) is 17.8 Å². The molecule has 0 saturated carbocycles. The molecule has 0 atom stereocenters. The topological polar surface area (TPSA) is 88.5 Å². The number of nitrogens with one attached hydrogen (secondary N) is 1. The van der Waals surface area contributed by atoms with Crippen molar-refractivity contribution in [1.82, 2.24) is 10.3 Å². The lowest BCUT2D eigenvalue weighted by Crippen LogP contribution is -2.24. The van der Waals surface area contributed by atoms with Gasteiger partial charge in [0.2, 0.25) is 5.91 Å². The molecule has 1 heterocycles. The number of ether oxygens (including phenoxy) is 1. The lowest BCUT2D eigenvalue weighted by molar-refractivity contribution is -0.120. The molecule has 0 aliphatic rings. The van der Waals surface area contributed by atoms with Gasteiger partial charge in [0.25, 0.3) is 0 Å². The van der Waals surface area contributed by atoms with Gasteiger partial charge >= 0.3 is 5.97 Å². The van der Waals surface area contributed by atoms with E-state index in [2.05, 4.69) is 10.3 Å². The molecule has 2 rings (SSSR count). The van der Waals surface area contributed by atoms with E-state index in [0.29, 0.717) is 17.2 Å². The summed E-state index contributed by atoms with van der Waals surface area (Å²) in [5.74, 6) is -0.486. The van der Waals surface area contributed by atoms with Crippen LogP contribution in [0.1, 0.15) is 25.9 Å². The molecule has 1 aromatic heterocycles. The summed E-state index contributed by atoms with van der Waals surface area (Å²) in [5.41, 5.74) is 1.36. The van der Waals surface area contributed by atoms with Crippen LogP contribution in [0.25, 0.3) is 0 Å². The van der Waals surface area contributed by atoms with Crippen LogP contribution in [0.3, 0.4) is 0 Å². The number of aromatic carboxylic acids is 1. The van der Waals surface area contributed by atoms with Crippen LogP contribution in [-0.4, -0.2) is 29.1 Å². The van der Waals surface area contributed by atoms with Gasteiger partial charge in [-0.25, -0.2) is 9.78 Å². The van der Waals surface area contributed by atoms with E-state index in [1.165, 1.54) is 0 Å². The predicted octanol–water partition coefficient (Wildman–Crippen LogP) is 2.02. The van der Waals surface area contributed by atoms with Gasteiger partial charge < -0.3 is 15.2 Å². The Bertz CT molecular complexity index is 697. The first-order chi connectivity index (χ1) is 10.5. The molecule has 0 unspecified atom stereocenters.